The Balaban J connectivity index is 1.91. The number of thiocarbonyl (C=S) groups is 1. The van der Waals surface area contributed by atoms with E-state index in [1.807, 2.05) is 12.1 Å². The summed E-state index contributed by atoms with van der Waals surface area (Å²) in [7, 11) is 3.14. The summed E-state index contributed by atoms with van der Waals surface area (Å²) < 4.78 is 10.6. The molecule has 0 aliphatic carbocycles. The average molecular weight is 463 g/mol. The number of aliphatic imine (C=N–C) groups is 1. The second-order valence-electron chi connectivity index (χ2n) is 6.39. The second kappa shape index (κ2) is 10.6. The number of methoxy groups -OCH3 is 2. The van der Waals surface area contributed by atoms with Crippen LogP contribution in [-0.2, 0) is 6.54 Å². The summed E-state index contributed by atoms with van der Waals surface area (Å²) in [5, 5.41) is 28.7. The van der Waals surface area contributed by atoms with Crippen molar-refractivity contribution in [2.24, 2.45) is 4.99 Å². The van der Waals surface area contributed by atoms with Gasteiger partial charge in [-0.3, -0.25) is 10.1 Å². The van der Waals surface area contributed by atoms with E-state index >= 15 is 0 Å². The number of anilines is 3. The number of rotatable bonds is 9. The molecule has 166 valence electrons. The number of isothiocyanates is 1. The first-order valence-corrected chi connectivity index (χ1v) is 9.75. The molecule has 0 saturated carbocycles. The minimum atomic E-state index is -0.666. The van der Waals surface area contributed by atoms with Gasteiger partial charge in [0.1, 0.15) is 17.7 Å². The fourth-order valence-corrected chi connectivity index (χ4v) is 2.95. The van der Waals surface area contributed by atoms with Gasteiger partial charge in [-0.2, -0.15) is 15.2 Å². The topological polar surface area (TPSA) is 148 Å². The zero-order chi connectivity index (χ0) is 23.8. The summed E-state index contributed by atoms with van der Waals surface area (Å²) in [5.74, 6) is 1.11. The molecular formula is C21H17N7O4S. The third kappa shape index (κ3) is 5.56. The molecule has 33 heavy (non-hydrogen) atoms. The van der Waals surface area contributed by atoms with Crippen LogP contribution in [-0.4, -0.2) is 34.3 Å². The highest BCUT2D eigenvalue weighted by atomic mass is 32.1. The zero-order valence-electron chi connectivity index (χ0n) is 17.5. The number of nitrogens with one attached hydrogen (secondary N) is 2. The summed E-state index contributed by atoms with van der Waals surface area (Å²) in [6, 6.07) is 12.5. The molecule has 0 aliphatic heterocycles. The molecule has 0 radical (unpaired) electrons. The molecule has 1 heterocycles. The predicted octanol–water partition coefficient (Wildman–Crippen LogP) is 4.36. The molecule has 3 rings (SSSR count). The van der Waals surface area contributed by atoms with Crippen LogP contribution in [0.4, 0.5) is 28.8 Å². The standard InChI is InChI=1S/C21H17N7O4S/c1-31-15-5-4-14(19(8-15)32-2)10-23-16-6-3-13(9-22)7-17(16)26-21-24-11-18(28(29)30)20(27-21)25-12-33/h3-8,11,23H,10H2,1-2H3,(H,24,26,27). The van der Waals surface area contributed by atoms with Crippen LogP contribution < -0.4 is 20.1 Å². The minimum Gasteiger partial charge on any atom is -0.497 e. The van der Waals surface area contributed by atoms with Crippen LogP contribution in [0.15, 0.2) is 47.6 Å². The Labute approximate surface area is 193 Å². The summed E-state index contributed by atoms with van der Waals surface area (Å²) in [6.07, 6.45) is 1.02. The van der Waals surface area contributed by atoms with E-state index in [1.165, 1.54) is 0 Å². The normalized spacial score (nSPS) is 9.85. The van der Waals surface area contributed by atoms with Crippen molar-refractivity contribution in [1.82, 2.24) is 9.97 Å². The van der Waals surface area contributed by atoms with Gasteiger partial charge >= 0.3 is 5.69 Å². The third-order valence-corrected chi connectivity index (χ3v) is 4.55. The van der Waals surface area contributed by atoms with Crippen LogP contribution in [0, 0.1) is 21.4 Å². The molecule has 0 amide bonds. The van der Waals surface area contributed by atoms with E-state index in [0.717, 1.165) is 11.8 Å². The number of ether oxygens (including phenoxy) is 2. The molecule has 11 nitrogen and oxygen atoms in total. The molecule has 0 spiro atoms. The van der Waals surface area contributed by atoms with Crippen molar-refractivity contribution in [1.29, 1.82) is 5.26 Å². The number of nitrogens with zero attached hydrogens (tertiary/aromatic N) is 5. The minimum absolute atomic E-state index is 0.0322. The Morgan fingerprint density at radius 3 is 2.70 bits per heavy atom. The van der Waals surface area contributed by atoms with Crippen LogP contribution in [0.3, 0.4) is 0 Å². The van der Waals surface area contributed by atoms with Crippen molar-refractivity contribution in [3.05, 3.63) is 63.8 Å². The Hall–Kier alpha value is -4.59. The molecule has 2 aromatic carbocycles. The van der Waals surface area contributed by atoms with E-state index in [9.17, 15) is 15.4 Å². The molecule has 12 heteroatoms. The van der Waals surface area contributed by atoms with Gasteiger partial charge < -0.3 is 20.1 Å². The van der Waals surface area contributed by atoms with Gasteiger partial charge in [0, 0.05) is 18.2 Å². The molecule has 0 bridgehead atoms. The molecule has 0 fully saturated rings. The van der Waals surface area contributed by atoms with Crippen molar-refractivity contribution in [3.63, 3.8) is 0 Å². The predicted molar refractivity (Wildman–Crippen MR) is 125 cm³/mol. The van der Waals surface area contributed by atoms with Gasteiger partial charge in [-0.1, -0.05) is 0 Å². The molecule has 0 saturated heterocycles. The second-order valence-corrected chi connectivity index (χ2v) is 6.57. The molecule has 1 aromatic heterocycles. The molecule has 0 atom stereocenters. The number of nitriles is 1. The lowest BCUT2D eigenvalue weighted by Crippen LogP contribution is -2.06. The van der Waals surface area contributed by atoms with Gasteiger partial charge in [-0.15, -0.1) is 0 Å². The fraction of sp³-hybridized carbons (Fsp3) is 0.143. The summed E-state index contributed by atoms with van der Waals surface area (Å²) in [6.45, 7) is 0.398. The van der Waals surface area contributed by atoms with Gasteiger partial charge in [0.25, 0.3) is 0 Å². The van der Waals surface area contributed by atoms with Crippen molar-refractivity contribution in [2.75, 3.05) is 24.9 Å². The van der Waals surface area contributed by atoms with Crippen LogP contribution >= 0.6 is 12.2 Å². The Bertz CT molecular complexity index is 1290. The van der Waals surface area contributed by atoms with Crippen LogP contribution in [0.2, 0.25) is 0 Å². The third-order valence-electron chi connectivity index (χ3n) is 4.46. The zero-order valence-corrected chi connectivity index (χ0v) is 18.3. The Morgan fingerprint density at radius 1 is 1.21 bits per heavy atom. The lowest BCUT2D eigenvalue weighted by atomic mass is 10.1. The van der Waals surface area contributed by atoms with E-state index in [-0.39, 0.29) is 11.8 Å². The number of aromatic nitrogens is 2. The van der Waals surface area contributed by atoms with Gasteiger partial charge in [0.05, 0.1) is 47.3 Å². The van der Waals surface area contributed by atoms with Crippen molar-refractivity contribution >= 4 is 46.2 Å². The van der Waals surface area contributed by atoms with Gasteiger partial charge in [-0.05, 0) is 42.5 Å². The molecule has 0 aliphatic rings. The lowest BCUT2D eigenvalue weighted by Gasteiger charge is -2.15. The lowest BCUT2D eigenvalue weighted by molar-refractivity contribution is -0.384. The number of hydrogen-bond donors (Lipinski definition) is 2. The number of nitro groups is 1. The first kappa shape index (κ1) is 23.1. The maximum atomic E-state index is 11.1. The quantitative estimate of drug-likeness (QED) is 0.203. The SMILES string of the molecule is COc1ccc(CNc2ccc(C#N)cc2Nc2ncc([N+](=O)[O-])c(N=C=S)n2)c(OC)c1. The van der Waals surface area contributed by atoms with Gasteiger partial charge in [0.2, 0.25) is 11.8 Å². The Kier molecular flexibility index (Phi) is 7.43. The van der Waals surface area contributed by atoms with E-state index in [4.69, 9.17) is 9.47 Å². The van der Waals surface area contributed by atoms with Gasteiger partial charge in [-0.25, -0.2) is 4.98 Å². The van der Waals surface area contributed by atoms with Gasteiger partial charge in [0.15, 0.2) is 0 Å². The van der Waals surface area contributed by atoms with E-state index in [1.54, 1.807) is 38.5 Å². The fourth-order valence-electron chi connectivity index (χ4n) is 2.86. The monoisotopic (exact) mass is 463 g/mol. The summed E-state index contributed by atoms with van der Waals surface area (Å²) in [5.41, 5.74) is 1.97. The molecule has 3 aromatic rings. The van der Waals surface area contributed by atoms with E-state index in [2.05, 4.69) is 49.0 Å². The van der Waals surface area contributed by atoms with Crippen molar-refractivity contribution < 1.29 is 14.4 Å². The molecular weight excluding hydrogens is 446 g/mol. The van der Waals surface area contributed by atoms with Crippen LogP contribution in [0.1, 0.15) is 11.1 Å². The highest BCUT2D eigenvalue weighted by Crippen LogP contribution is 2.31. The highest BCUT2D eigenvalue weighted by molar-refractivity contribution is 7.78. The van der Waals surface area contributed by atoms with E-state index in [0.29, 0.717) is 35.0 Å². The smallest absolute Gasteiger partial charge is 0.332 e. The summed E-state index contributed by atoms with van der Waals surface area (Å²) in [4.78, 5) is 22.1. The first-order valence-electron chi connectivity index (χ1n) is 9.34. The van der Waals surface area contributed by atoms with Crippen molar-refractivity contribution in [3.8, 4) is 17.6 Å². The maximum absolute atomic E-state index is 11.1. The van der Waals surface area contributed by atoms with Crippen LogP contribution in [0.5, 0.6) is 11.5 Å². The number of benzene rings is 2. The highest BCUT2D eigenvalue weighted by Gasteiger charge is 2.17. The van der Waals surface area contributed by atoms with E-state index < -0.39 is 10.6 Å². The average Bonchev–Trinajstić information content (AvgIpc) is 2.83. The molecule has 2 N–H and O–H groups in total. The van der Waals surface area contributed by atoms with Crippen LogP contribution in [0.25, 0.3) is 0 Å². The van der Waals surface area contributed by atoms with Crippen molar-refractivity contribution in [2.45, 2.75) is 6.54 Å². The summed E-state index contributed by atoms with van der Waals surface area (Å²) >= 11 is 4.54. The molecule has 0 unspecified atom stereocenters. The first-order chi connectivity index (χ1) is 16.0. The Morgan fingerprint density at radius 2 is 2.03 bits per heavy atom. The number of hydrogen-bond acceptors (Lipinski definition) is 11. The largest absolute Gasteiger partial charge is 0.497 e. The maximum Gasteiger partial charge on any atom is 0.332 e.